The Morgan fingerprint density at radius 3 is 2.48 bits per heavy atom. The molecule has 31 heavy (non-hydrogen) atoms. The topological polar surface area (TPSA) is 70.7 Å². The van der Waals surface area contributed by atoms with E-state index in [0.717, 1.165) is 30.9 Å². The highest BCUT2D eigenvalue weighted by Crippen LogP contribution is 2.24. The Morgan fingerprint density at radius 2 is 1.81 bits per heavy atom. The number of benzene rings is 2. The molecule has 166 valence electrons. The number of carbonyl (C=O) groups is 2. The maximum atomic E-state index is 13.2. The van der Waals surface area contributed by atoms with Crippen LogP contribution in [0.4, 0.5) is 11.4 Å². The van der Waals surface area contributed by atoms with Crippen molar-refractivity contribution in [1.29, 1.82) is 0 Å². The van der Waals surface area contributed by atoms with Crippen molar-refractivity contribution < 1.29 is 14.3 Å². The monoisotopic (exact) mass is 423 g/mol. The lowest BCUT2D eigenvalue weighted by Crippen LogP contribution is -2.57. The summed E-state index contributed by atoms with van der Waals surface area (Å²) in [6, 6.07) is 17.1. The standard InChI is InChI=1S/C25H33N3O3/c1-4-15-25(3,27-23(29)19(2)31-22-13-6-5-7-14-22)24(30)26-20-11-10-12-21(18-20)28-16-8-9-17-28/h5-7,10-14,18-19H,4,8-9,15-17H2,1-3H3,(H,26,30)(H,27,29)/t19-,25-/m1/s1. The molecule has 0 aromatic heterocycles. The van der Waals surface area contributed by atoms with Crippen molar-refractivity contribution in [2.75, 3.05) is 23.3 Å². The third kappa shape index (κ3) is 6.00. The first-order chi connectivity index (χ1) is 14.9. The zero-order chi connectivity index (χ0) is 22.3. The average Bonchev–Trinajstić information content (AvgIpc) is 3.30. The lowest BCUT2D eigenvalue weighted by molar-refractivity contribution is -0.134. The minimum absolute atomic E-state index is 0.229. The Labute approximate surface area is 185 Å². The number of ether oxygens (including phenoxy) is 1. The molecule has 0 radical (unpaired) electrons. The number of nitrogens with zero attached hydrogens (tertiary/aromatic N) is 1. The van der Waals surface area contributed by atoms with Crippen LogP contribution in [0.5, 0.6) is 5.75 Å². The van der Waals surface area contributed by atoms with Crippen LogP contribution in [0.1, 0.15) is 46.5 Å². The molecule has 6 nitrogen and oxygen atoms in total. The third-order valence-corrected chi connectivity index (χ3v) is 5.65. The predicted molar refractivity (Wildman–Crippen MR) is 125 cm³/mol. The van der Waals surface area contributed by atoms with Gasteiger partial charge in [-0.15, -0.1) is 0 Å². The fourth-order valence-electron chi connectivity index (χ4n) is 3.89. The highest BCUT2D eigenvalue weighted by molar-refractivity contribution is 6.01. The molecule has 0 aliphatic carbocycles. The molecular weight excluding hydrogens is 390 g/mol. The van der Waals surface area contributed by atoms with E-state index in [0.29, 0.717) is 12.2 Å². The van der Waals surface area contributed by atoms with E-state index >= 15 is 0 Å². The van der Waals surface area contributed by atoms with Crippen molar-refractivity contribution in [2.24, 2.45) is 0 Å². The number of anilines is 2. The maximum absolute atomic E-state index is 13.2. The summed E-state index contributed by atoms with van der Waals surface area (Å²) in [6.45, 7) is 7.53. The third-order valence-electron chi connectivity index (χ3n) is 5.65. The molecule has 6 heteroatoms. The van der Waals surface area contributed by atoms with Crippen molar-refractivity contribution in [3.05, 3.63) is 54.6 Å². The molecule has 2 aromatic carbocycles. The molecule has 1 aliphatic heterocycles. The van der Waals surface area contributed by atoms with Gasteiger partial charge in [0.1, 0.15) is 11.3 Å². The molecule has 2 amide bonds. The molecule has 0 saturated carbocycles. The number of hydrogen-bond acceptors (Lipinski definition) is 4. The fourth-order valence-corrected chi connectivity index (χ4v) is 3.89. The average molecular weight is 424 g/mol. The van der Waals surface area contributed by atoms with Crippen molar-refractivity contribution in [3.8, 4) is 5.75 Å². The van der Waals surface area contributed by atoms with Gasteiger partial charge >= 0.3 is 0 Å². The fraction of sp³-hybridized carbons (Fsp3) is 0.440. The van der Waals surface area contributed by atoms with Crippen LogP contribution in [0.25, 0.3) is 0 Å². The van der Waals surface area contributed by atoms with Crippen LogP contribution in [0, 0.1) is 0 Å². The molecule has 1 fully saturated rings. The van der Waals surface area contributed by atoms with Crippen molar-refractivity contribution in [2.45, 2.75) is 58.1 Å². The predicted octanol–water partition coefficient (Wildman–Crippen LogP) is 4.37. The minimum Gasteiger partial charge on any atom is -0.481 e. The van der Waals surface area contributed by atoms with E-state index in [2.05, 4.69) is 21.6 Å². The molecule has 1 heterocycles. The van der Waals surface area contributed by atoms with Gasteiger partial charge in [-0.2, -0.15) is 0 Å². The molecule has 0 spiro atoms. The van der Waals surface area contributed by atoms with Gasteiger partial charge in [0.05, 0.1) is 0 Å². The summed E-state index contributed by atoms with van der Waals surface area (Å²) in [6.07, 6.45) is 2.95. The van der Waals surface area contributed by atoms with E-state index in [9.17, 15) is 9.59 Å². The number of nitrogens with one attached hydrogen (secondary N) is 2. The zero-order valence-electron chi connectivity index (χ0n) is 18.7. The summed E-state index contributed by atoms with van der Waals surface area (Å²) >= 11 is 0. The molecule has 1 aliphatic rings. The highest BCUT2D eigenvalue weighted by Gasteiger charge is 2.35. The van der Waals surface area contributed by atoms with Crippen molar-refractivity contribution in [3.63, 3.8) is 0 Å². The number of amides is 2. The van der Waals surface area contributed by atoms with Gasteiger partial charge in [-0.3, -0.25) is 9.59 Å². The van der Waals surface area contributed by atoms with E-state index in [4.69, 9.17) is 4.74 Å². The summed E-state index contributed by atoms with van der Waals surface area (Å²) in [5.74, 6) is 0.0690. The first-order valence-electron chi connectivity index (χ1n) is 11.1. The number of hydrogen-bond donors (Lipinski definition) is 2. The normalized spacial score (nSPS) is 16.3. The van der Waals surface area contributed by atoms with Gasteiger partial charge in [-0.25, -0.2) is 0 Å². The van der Waals surface area contributed by atoms with Gasteiger partial charge in [0.15, 0.2) is 6.10 Å². The van der Waals surface area contributed by atoms with Crippen LogP contribution in [-0.2, 0) is 9.59 Å². The summed E-state index contributed by atoms with van der Waals surface area (Å²) < 4.78 is 5.72. The zero-order valence-corrected chi connectivity index (χ0v) is 18.7. The lowest BCUT2D eigenvalue weighted by Gasteiger charge is -2.31. The molecule has 0 bridgehead atoms. The maximum Gasteiger partial charge on any atom is 0.261 e. The molecule has 2 aromatic rings. The Balaban J connectivity index is 1.67. The number of para-hydroxylation sites is 1. The summed E-state index contributed by atoms with van der Waals surface area (Å²) in [7, 11) is 0. The Bertz CT molecular complexity index is 881. The minimum atomic E-state index is -1.04. The second-order valence-corrected chi connectivity index (χ2v) is 8.34. The van der Waals surface area contributed by atoms with E-state index in [1.807, 2.05) is 43.3 Å². The van der Waals surface area contributed by atoms with E-state index in [1.165, 1.54) is 12.8 Å². The van der Waals surface area contributed by atoms with Crippen LogP contribution in [0.3, 0.4) is 0 Å². The smallest absolute Gasteiger partial charge is 0.261 e. The Hall–Kier alpha value is -3.02. The molecule has 2 atom stereocenters. The van der Waals surface area contributed by atoms with Crippen LogP contribution in [0.15, 0.2) is 54.6 Å². The Kier molecular flexibility index (Phi) is 7.55. The quantitative estimate of drug-likeness (QED) is 0.628. The summed E-state index contributed by atoms with van der Waals surface area (Å²) in [5.41, 5.74) is 0.810. The van der Waals surface area contributed by atoms with Crippen molar-refractivity contribution >= 4 is 23.2 Å². The molecule has 2 N–H and O–H groups in total. The van der Waals surface area contributed by atoms with Crippen LogP contribution >= 0.6 is 0 Å². The molecule has 3 rings (SSSR count). The van der Waals surface area contributed by atoms with E-state index in [1.54, 1.807) is 26.0 Å². The van der Waals surface area contributed by atoms with Gasteiger partial charge in [0, 0.05) is 24.5 Å². The van der Waals surface area contributed by atoms with E-state index < -0.39 is 11.6 Å². The Morgan fingerprint density at radius 1 is 1.10 bits per heavy atom. The lowest BCUT2D eigenvalue weighted by atomic mass is 9.94. The molecule has 1 saturated heterocycles. The second kappa shape index (κ2) is 10.3. The highest BCUT2D eigenvalue weighted by atomic mass is 16.5. The van der Waals surface area contributed by atoms with Crippen LogP contribution in [-0.4, -0.2) is 36.5 Å². The number of rotatable bonds is 9. The van der Waals surface area contributed by atoms with Gasteiger partial charge in [0.2, 0.25) is 5.91 Å². The van der Waals surface area contributed by atoms with Gasteiger partial charge in [0.25, 0.3) is 5.91 Å². The van der Waals surface area contributed by atoms with Gasteiger partial charge in [-0.1, -0.05) is 37.6 Å². The van der Waals surface area contributed by atoms with Gasteiger partial charge < -0.3 is 20.3 Å². The molecule has 0 unspecified atom stereocenters. The first-order valence-corrected chi connectivity index (χ1v) is 11.1. The summed E-state index contributed by atoms with van der Waals surface area (Å²) in [4.78, 5) is 28.3. The van der Waals surface area contributed by atoms with Crippen molar-refractivity contribution in [1.82, 2.24) is 5.32 Å². The van der Waals surface area contributed by atoms with Crippen LogP contribution in [0.2, 0.25) is 0 Å². The largest absolute Gasteiger partial charge is 0.481 e. The van der Waals surface area contributed by atoms with E-state index in [-0.39, 0.29) is 11.8 Å². The second-order valence-electron chi connectivity index (χ2n) is 8.34. The van der Waals surface area contributed by atoms with Crippen LogP contribution < -0.4 is 20.3 Å². The molecular formula is C25H33N3O3. The van der Waals surface area contributed by atoms with Gasteiger partial charge in [-0.05, 0) is 63.4 Å². The summed E-state index contributed by atoms with van der Waals surface area (Å²) in [5, 5.41) is 5.92. The first kappa shape index (κ1) is 22.7. The SMILES string of the molecule is CCC[C@@](C)(NC(=O)[C@@H](C)Oc1ccccc1)C(=O)Nc1cccc(N2CCCC2)c1. The number of carbonyl (C=O) groups excluding carboxylic acids is 2.